The van der Waals surface area contributed by atoms with Crippen molar-refractivity contribution in [2.45, 2.75) is 13.3 Å². The predicted molar refractivity (Wildman–Crippen MR) is 105 cm³/mol. The fourth-order valence-corrected chi connectivity index (χ4v) is 3.91. The van der Waals surface area contributed by atoms with Gasteiger partial charge in [-0.1, -0.05) is 25.1 Å². The van der Waals surface area contributed by atoms with E-state index in [0.29, 0.717) is 5.41 Å². The molecule has 2 aliphatic rings. The minimum atomic E-state index is 0. The third-order valence-corrected chi connectivity index (χ3v) is 5.40. The van der Waals surface area contributed by atoms with Gasteiger partial charge >= 0.3 is 0 Å². The first-order valence-corrected chi connectivity index (χ1v) is 9.06. The third kappa shape index (κ3) is 5.35. The molecule has 0 amide bonds. The molecule has 0 saturated carbocycles. The van der Waals surface area contributed by atoms with Crippen LogP contribution in [0.4, 0.5) is 5.69 Å². The van der Waals surface area contributed by atoms with E-state index in [0.717, 1.165) is 13.1 Å². The minimum absolute atomic E-state index is 0. The fourth-order valence-electron chi connectivity index (χ4n) is 3.91. The van der Waals surface area contributed by atoms with E-state index >= 15 is 0 Å². The Kier molecular flexibility index (Phi) is 7.35. The van der Waals surface area contributed by atoms with Crippen LogP contribution in [0.25, 0.3) is 0 Å². The lowest BCUT2D eigenvalue weighted by Crippen LogP contribution is -2.48. The Labute approximate surface area is 153 Å². The van der Waals surface area contributed by atoms with Crippen molar-refractivity contribution in [2.75, 3.05) is 70.9 Å². The van der Waals surface area contributed by atoms with Crippen LogP contribution in [0.3, 0.4) is 0 Å². The van der Waals surface area contributed by atoms with Crippen LogP contribution in [0.5, 0.6) is 0 Å². The topological polar surface area (TPSA) is 21.8 Å². The van der Waals surface area contributed by atoms with Crippen molar-refractivity contribution in [3.8, 4) is 0 Å². The van der Waals surface area contributed by atoms with Gasteiger partial charge in [-0.15, -0.1) is 12.4 Å². The van der Waals surface area contributed by atoms with Crippen LogP contribution in [-0.4, -0.2) is 75.8 Å². The highest BCUT2D eigenvalue weighted by molar-refractivity contribution is 5.85. The molecule has 0 aromatic heterocycles. The number of hydrogen-bond acceptors (Lipinski definition) is 4. The summed E-state index contributed by atoms with van der Waals surface area (Å²) in [6.45, 7) is 13.0. The van der Waals surface area contributed by atoms with Crippen LogP contribution in [0.2, 0.25) is 0 Å². The molecule has 3 rings (SSSR count). The Hall–Kier alpha value is -0.810. The number of nitrogens with one attached hydrogen (secondary N) is 1. The molecular weight excluding hydrogens is 320 g/mol. The smallest absolute Gasteiger partial charge is 0.0367 e. The maximum Gasteiger partial charge on any atom is 0.0367 e. The lowest BCUT2D eigenvalue weighted by molar-refractivity contribution is 0.172. The molecule has 24 heavy (non-hydrogen) atoms. The van der Waals surface area contributed by atoms with Gasteiger partial charge in [-0.25, -0.2) is 0 Å². The highest BCUT2D eigenvalue weighted by Crippen LogP contribution is 2.25. The third-order valence-electron chi connectivity index (χ3n) is 5.40. The summed E-state index contributed by atoms with van der Waals surface area (Å²) in [5.41, 5.74) is 1.84. The van der Waals surface area contributed by atoms with E-state index in [4.69, 9.17) is 0 Å². The van der Waals surface area contributed by atoms with Gasteiger partial charge < -0.3 is 15.1 Å². The van der Waals surface area contributed by atoms with Crippen LogP contribution < -0.4 is 10.2 Å². The van der Waals surface area contributed by atoms with Crippen molar-refractivity contribution < 1.29 is 0 Å². The number of rotatable bonds is 6. The lowest BCUT2D eigenvalue weighted by Gasteiger charge is -2.37. The van der Waals surface area contributed by atoms with Gasteiger partial charge in [0.15, 0.2) is 0 Å². The number of likely N-dealkylation sites (N-methyl/N-ethyl adjacent to an activating group) is 1. The van der Waals surface area contributed by atoms with Crippen molar-refractivity contribution in [2.24, 2.45) is 5.41 Å². The highest BCUT2D eigenvalue weighted by Gasteiger charge is 2.29. The number of halogens is 1. The van der Waals surface area contributed by atoms with Crippen LogP contribution in [0.15, 0.2) is 30.3 Å². The number of nitrogens with zero attached hydrogens (tertiary/aromatic N) is 3. The molecule has 2 aliphatic heterocycles. The Morgan fingerprint density at radius 2 is 1.83 bits per heavy atom. The summed E-state index contributed by atoms with van der Waals surface area (Å²) in [6.07, 6.45) is 1.31. The van der Waals surface area contributed by atoms with Crippen LogP contribution in [-0.2, 0) is 0 Å². The molecule has 1 atom stereocenters. The summed E-state index contributed by atoms with van der Waals surface area (Å²) in [5, 5.41) is 3.50. The van der Waals surface area contributed by atoms with E-state index in [1.165, 1.54) is 57.9 Å². The maximum absolute atomic E-state index is 3.50. The van der Waals surface area contributed by atoms with E-state index in [2.05, 4.69) is 64.3 Å². The van der Waals surface area contributed by atoms with Crippen LogP contribution >= 0.6 is 12.4 Å². The van der Waals surface area contributed by atoms with Gasteiger partial charge in [-0.2, -0.15) is 0 Å². The zero-order valence-corrected chi connectivity index (χ0v) is 16.0. The highest BCUT2D eigenvalue weighted by atomic mass is 35.5. The minimum Gasteiger partial charge on any atom is -0.369 e. The quantitative estimate of drug-likeness (QED) is 0.846. The molecule has 2 fully saturated rings. The summed E-state index contributed by atoms with van der Waals surface area (Å²) < 4.78 is 0. The molecule has 0 bridgehead atoms. The molecule has 1 aromatic carbocycles. The average molecular weight is 353 g/mol. The largest absolute Gasteiger partial charge is 0.369 e. The second-order valence-corrected chi connectivity index (χ2v) is 7.64. The Bertz CT molecular complexity index is 468. The molecule has 5 heteroatoms. The number of benzene rings is 1. The summed E-state index contributed by atoms with van der Waals surface area (Å²) in [4.78, 5) is 7.65. The van der Waals surface area contributed by atoms with Gasteiger partial charge in [0.1, 0.15) is 0 Å². The van der Waals surface area contributed by atoms with Crippen molar-refractivity contribution >= 4 is 18.1 Å². The maximum atomic E-state index is 3.50. The van der Waals surface area contributed by atoms with Gasteiger partial charge in [0.25, 0.3) is 0 Å². The zero-order chi connectivity index (χ0) is 16.1. The number of piperazine rings is 1. The van der Waals surface area contributed by atoms with Crippen LogP contribution in [0, 0.1) is 5.41 Å². The average Bonchev–Trinajstić information content (AvgIpc) is 3.00. The first-order valence-electron chi connectivity index (χ1n) is 9.06. The summed E-state index contributed by atoms with van der Waals surface area (Å²) >= 11 is 0. The normalized spacial score (nSPS) is 25.0. The molecule has 0 aliphatic carbocycles. The summed E-state index contributed by atoms with van der Waals surface area (Å²) in [5.74, 6) is 0. The SMILES string of the molecule is CN(CCN1CCN(c2ccccc2)CC1)CC1(C)CCNC1.Cl. The van der Waals surface area contributed by atoms with Gasteiger partial charge in [0.05, 0.1) is 0 Å². The summed E-state index contributed by atoms with van der Waals surface area (Å²) in [6, 6.07) is 10.8. The second kappa shape index (κ2) is 9.04. The molecule has 1 unspecified atom stereocenters. The predicted octanol–water partition coefficient (Wildman–Crippen LogP) is 2.16. The lowest BCUT2D eigenvalue weighted by atomic mass is 9.89. The first-order chi connectivity index (χ1) is 11.1. The molecule has 0 spiro atoms. The number of hydrogen-bond donors (Lipinski definition) is 1. The number of para-hydroxylation sites is 1. The van der Waals surface area contributed by atoms with Gasteiger partial charge in [0.2, 0.25) is 0 Å². The molecular formula is C19H33ClN4. The van der Waals surface area contributed by atoms with E-state index in [-0.39, 0.29) is 12.4 Å². The van der Waals surface area contributed by atoms with E-state index in [9.17, 15) is 0 Å². The molecule has 4 nitrogen and oxygen atoms in total. The van der Waals surface area contributed by atoms with Gasteiger partial charge in [-0.3, -0.25) is 4.90 Å². The molecule has 1 N–H and O–H groups in total. The van der Waals surface area contributed by atoms with Crippen molar-refractivity contribution in [3.63, 3.8) is 0 Å². The van der Waals surface area contributed by atoms with E-state index in [1.807, 2.05) is 0 Å². The van der Waals surface area contributed by atoms with Crippen LogP contribution in [0.1, 0.15) is 13.3 Å². The molecule has 1 aromatic rings. The molecule has 2 saturated heterocycles. The first kappa shape index (κ1) is 19.5. The van der Waals surface area contributed by atoms with E-state index < -0.39 is 0 Å². The fraction of sp³-hybridized carbons (Fsp3) is 0.684. The molecule has 0 radical (unpaired) electrons. The molecule has 2 heterocycles. The Morgan fingerprint density at radius 3 is 2.46 bits per heavy atom. The monoisotopic (exact) mass is 352 g/mol. The second-order valence-electron chi connectivity index (χ2n) is 7.64. The van der Waals surface area contributed by atoms with Gasteiger partial charge in [0, 0.05) is 58.0 Å². The number of anilines is 1. The van der Waals surface area contributed by atoms with E-state index in [1.54, 1.807) is 0 Å². The Morgan fingerprint density at radius 1 is 1.12 bits per heavy atom. The summed E-state index contributed by atoms with van der Waals surface area (Å²) in [7, 11) is 2.28. The zero-order valence-electron chi connectivity index (χ0n) is 15.2. The standard InChI is InChI=1S/C19H32N4.ClH/c1-19(8-9-20-16-19)17-21(2)10-11-22-12-14-23(15-13-22)18-6-4-3-5-7-18;/h3-7,20H,8-17H2,1-2H3;1H. The molecule has 136 valence electrons. The van der Waals surface area contributed by atoms with Gasteiger partial charge in [-0.05, 0) is 37.6 Å². The Balaban J connectivity index is 0.00000208. The van der Waals surface area contributed by atoms with Crippen molar-refractivity contribution in [3.05, 3.63) is 30.3 Å². The van der Waals surface area contributed by atoms with Crippen molar-refractivity contribution in [1.29, 1.82) is 0 Å². The van der Waals surface area contributed by atoms with Crippen molar-refractivity contribution in [1.82, 2.24) is 15.1 Å².